The van der Waals surface area contributed by atoms with Crippen molar-refractivity contribution in [2.45, 2.75) is 12.8 Å². The molecule has 0 aromatic rings. The molecule has 0 atom stereocenters. The lowest BCUT2D eigenvalue weighted by Gasteiger charge is -2.15. The fourth-order valence-electron chi connectivity index (χ4n) is 1.09. The van der Waals surface area contributed by atoms with E-state index in [0.29, 0.717) is 0 Å². The molecule has 0 saturated carbocycles. The predicted octanol–water partition coefficient (Wildman–Crippen LogP) is 0.252. The van der Waals surface area contributed by atoms with E-state index in [2.05, 4.69) is 23.9 Å². The van der Waals surface area contributed by atoms with E-state index in [9.17, 15) is 0 Å². The van der Waals surface area contributed by atoms with E-state index >= 15 is 0 Å². The van der Waals surface area contributed by atoms with Crippen LogP contribution in [0.3, 0.4) is 0 Å². The van der Waals surface area contributed by atoms with E-state index in [4.69, 9.17) is 5.11 Å². The van der Waals surface area contributed by atoms with Gasteiger partial charge in [0.05, 0.1) is 6.61 Å². The topological polar surface area (TPSA) is 26.7 Å². The number of rotatable bonds is 7. The maximum atomic E-state index is 8.63. The first-order valence-electron chi connectivity index (χ1n) is 4.61. The monoisotopic (exact) mass is 174 g/mol. The van der Waals surface area contributed by atoms with Gasteiger partial charge >= 0.3 is 0 Å². The summed E-state index contributed by atoms with van der Waals surface area (Å²) in [7, 11) is 6.24. The highest BCUT2D eigenvalue weighted by molar-refractivity contribution is 4.52. The van der Waals surface area contributed by atoms with Gasteiger partial charge in [-0.2, -0.15) is 0 Å². The summed E-state index contributed by atoms with van der Waals surface area (Å²) in [5.41, 5.74) is 0. The molecule has 0 fully saturated rings. The SMILES string of the molecule is CN(C)CCCCN(C)CCO. The number of nitrogens with zero attached hydrogens (tertiary/aromatic N) is 2. The van der Waals surface area contributed by atoms with E-state index in [1.165, 1.54) is 12.8 Å². The van der Waals surface area contributed by atoms with E-state index < -0.39 is 0 Å². The van der Waals surface area contributed by atoms with Crippen molar-refractivity contribution in [3.8, 4) is 0 Å². The Morgan fingerprint density at radius 2 is 1.50 bits per heavy atom. The Labute approximate surface area is 76.0 Å². The molecule has 74 valence electrons. The number of likely N-dealkylation sites (N-methyl/N-ethyl adjacent to an activating group) is 1. The molecule has 0 radical (unpaired) electrons. The fourth-order valence-corrected chi connectivity index (χ4v) is 1.09. The maximum Gasteiger partial charge on any atom is 0.0558 e. The molecule has 1 N–H and O–H groups in total. The number of hydrogen-bond acceptors (Lipinski definition) is 3. The molecule has 0 aliphatic heterocycles. The van der Waals surface area contributed by atoms with E-state index in [1.54, 1.807) is 0 Å². The molecule has 0 aromatic carbocycles. The summed E-state index contributed by atoms with van der Waals surface area (Å²) in [5, 5.41) is 8.63. The molecule has 0 amide bonds. The third-order valence-electron chi connectivity index (χ3n) is 1.88. The Morgan fingerprint density at radius 1 is 0.917 bits per heavy atom. The number of hydrogen-bond donors (Lipinski definition) is 1. The van der Waals surface area contributed by atoms with Crippen LogP contribution in [0.2, 0.25) is 0 Å². The molecule has 0 saturated heterocycles. The van der Waals surface area contributed by atoms with E-state index in [1.807, 2.05) is 7.05 Å². The fraction of sp³-hybridized carbons (Fsp3) is 1.00. The normalized spacial score (nSPS) is 11.5. The van der Waals surface area contributed by atoms with E-state index in [0.717, 1.165) is 19.6 Å². The molecule has 0 aliphatic rings. The summed E-state index contributed by atoms with van der Waals surface area (Å²) in [5.74, 6) is 0. The first-order valence-corrected chi connectivity index (χ1v) is 4.61. The average Bonchev–Trinajstić information content (AvgIpc) is 1.98. The lowest BCUT2D eigenvalue weighted by atomic mass is 10.3. The summed E-state index contributed by atoms with van der Waals surface area (Å²) in [4.78, 5) is 4.36. The van der Waals surface area contributed by atoms with Crippen LogP contribution in [0.4, 0.5) is 0 Å². The summed E-state index contributed by atoms with van der Waals surface area (Å²) in [6.07, 6.45) is 2.46. The van der Waals surface area contributed by atoms with Crippen LogP contribution in [0.5, 0.6) is 0 Å². The summed E-state index contributed by atoms with van der Waals surface area (Å²) >= 11 is 0. The average molecular weight is 174 g/mol. The second-order valence-corrected chi connectivity index (χ2v) is 3.54. The van der Waals surface area contributed by atoms with Gasteiger partial charge in [-0.05, 0) is 47.1 Å². The van der Waals surface area contributed by atoms with Crippen LogP contribution >= 0.6 is 0 Å². The van der Waals surface area contributed by atoms with Crippen molar-refractivity contribution in [2.24, 2.45) is 0 Å². The highest BCUT2D eigenvalue weighted by Crippen LogP contribution is 1.93. The first-order chi connectivity index (χ1) is 5.66. The smallest absolute Gasteiger partial charge is 0.0558 e. The Balaban J connectivity index is 3.08. The van der Waals surface area contributed by atoms with Crippen molar-refractivity contribution in [3.05, 3.63) is 0 Å². The predicted molar refractivity (Wildman–Crippen MR) is 52.4 cm³/mol. The first kappa shape index (κ1) is 11.9. The zero-order valence-electron chi connectivity index (χ0n) is 8.58. The quantitative estimate of drug-likeness (QED) is 0.561. The third-order valence-corrected chi connectivity index (χ3v) is 1.88. The number of aliphatic hydroxyl groups excluding tert-OH is 1. The van der Waals surface area contributed by atoms with Crippen molar-refractivity contribution in [1.82, 2.24) is 9.80 Å². The van der Waals surface area contributed by atoms with Gasteiger partial charge in [-0.15, -0.1) is 0 Å². The zero-order valence-corrected chi connectivity index (χ0v) is 8.58. The minimum absolute atomic E-state index is 0.268. The van der Waals surface area contributed by atoms with Gasteiger partial charge in [0.15, 0.2) is 0 Å². The van der Waals surface area contributed by atoms with Crippen LogP contribution < -0.4 is 0 Å². The molecular weight excluding hydrogens is 152 g/mol. The second-order valence-electron chi connectivity index (χ2n) is 3.54. The van der Waals surface area contributed by atoms with Crippen molar-refractivity contribution >= 4 is 0 Å². The standard InChI is InChI=1S/C9H22N2O/c1-10(2)6-4-5-7-11(3)8-9-12/h12H,4-9H2,1-3H3. The molecule has 0 rings (SSSR count). The Hall–Kier alpha value is -0.120. The Bertz CT molecular complexity index is 96.5. The minimum Gasteiger partial charge on any atom is -0.395 e. The molecule has 0 spiro atoms. The summed E-state index contributed by atoms with van der Waals surface area (Å²) in [6.45, 7) is 3.31. The Morgan fingerprint density at radius 3 is 2.00 bits per heavy atom. The minimum atomic E-state index is 0.268. The van der Waals surface area contributed by atoms with Crippen LogP contribution in [0.15, 0.2) is 0 Å². The summed E-state index contributed by atoms with van der Waals surface area (Å²) in [6, 6.07) is 0. The van der Waals surface area contributed by atoms with Gasteiger partial charge in [-0.25, -0.2) is 0 Å². The van der Waals surface area contributed by atoms with Crippen LogP contribution in [0.25, 0.3) is 0 Å². The number of unbranched alkanes of at least 4 members (excludes halogenated alkanes) is 1. The van der Waals surface area contributed by atoms with Crippen LogP contribution in [-0.2, 0) is 0 Å². The van der Waals surface area contributed by atoms with Gasteiger partial charge in [0.25, 0.3) is 0 Å². The highest BCUT2D eigenvalue weighted by atomic mass is 16.3. The van der Waals surface area contributed by atoms with Gasteiger partial charge < -0.3 is 14.9 Å². The van der Waals surface area contributed by atoms with Crippen LogP contribution in [-0.4, -0.2) is 62.3 Å². The second kappa shape index (κ2) is 7.53. The third kappa shape index (κ3) is 7.98. The molecule has 0 aliphatic carbocycles. The van der Waals surface area contributed by atoms with Crippen LogP contribution in [0.1, 0.15) is 12.8 Å². The molecule has 3 nitrogen and oxygen atoms in total. The molecular formula is C9H22N2O. The molecule has 3 heteroatoms. The molecule has 0 bridgehead atoms. The van der Waals surface area contributed by atoms with Gasteiger partial charge in [-0.1, -0.05) is 0 Å². The van der Waals surface area contributed by atoms with Gasteiger partial charge in [-0.3, -0.25) is 0 Å². The van der Waals surface area contributed by atoms with Crippen molar-refractivity contribution < 1.29 is 5.11 Å². The molecule has 0 heterocycles. The maximum absolute atomic E-state index is 8.63. The molecule has 12 heavy (non-hydrogen) atoms. The Kier molecular flexibility index (Phi) is 7.45. The van der Waals surface area contributed by atoms with E-state index in [-0.39, 0.29) is 6.61 Å². The molecule has 0 unspecified atom stereocenters. The largest absolute Gasteiger partial charge is 0.395 e. The van der Waals surface area contributed by atoms with Gasteiger partial charge in [0, 0.05) is 6.54 Å². The lowest BCUT2D eigenvalue weighted by Crippen LogP contribution is -2.24. The molecule has 0 aromatic heterocycles. The van der Waals surface area contributed by atoms with Crippen molar-refractivity contribution in [3.63, 3.8) is 0 Å². The number of aliphatic hydroxyl groups is 1. The highest BCUT2D eigenvalue weighted by Gasteiger charge is 1.96. The van der Waals surface area contributed by atoms with Gasteiger partial charge in [0.2, 0.25) is 0 Å². The van der Waals surface area contributed by atoms with Gasteiger partial charge in [0.1, 0.15) is 0 Å². The lowest BCUT2D eigenvalue weighted by molar-refractivity contribution is 0.217. The van der Waals surface area contributed by atoms with Crippen molar-refractivity contribution in [1.29, 1.82) is 0 Å². The van der Waals surface area contributed by atoms with Crippen LogP contribution in [0, 0.1) is 0 Å². The summed E-state index contributed by atoms with van der Waals surface area (Å²) < 4.78 is 0. The van der Waals surface area contributed by atoms with Crippen molar-refractivity contribution in [2.75, 3.05) is 47.4 Å². The zero-order chi connectivity index (χ0) is 9.40.